The number of hydrogen-bond acceptors (Lipinski definition) is 2. The molecule has 1 aromatic rings. The summed E-state index contributed by atoms with van der Waals surface area (Å²) in [7, 11) is 0. The fourth-order valence-corrected chi connectivity index (χ4v) is 1.22. The zero-order chi connectivity index (χ0) is 12.5. The Morgan fingerprint density at radius 2 is 2.00 bits per heavy atom. The number of hydrogen-bond donors (Lipinski definition) is 0. The molecule has 0 aliphatic rings. The van der Waals surface area contributed by atoms with Gasteiger partial charge in [-0.1, -0.05) is 6.58 Å². The third kappa shape index (κ3) is 2.39. The van der Waals surface area contributed by atoms with E-state index >= 15 is 0 Å². The van der Waals surface area contributed by atoms with Crippen LogP contribution in [-0.2, 0) is 6.18 Å². The van der Waals surface area contributed by atoms with Crippen molar-refractivity contribution in [1.29, 1.82) is 0 Å². The second kappa shape index (κ2) is 3.96. The van der Waals surface area contributed by atoms with Crippen molar-refractivity contribution >= 4 is 11.3 Å². The third-order valence-corrected chi connectivity index (χ3v) is 1.98. The summed E-state index contributed by atoms with van der Waals surface area (Å²) in [6, 6.07) is 2.38. The topological polar surface area (TPSA) is 43.1 Å². The fourth-order valence-electron chi connectivity index (χ4n) is 1.22. The minimum Gasteiger partial charge on any atom is -0.258 e. The first kappa shape index (κ1) is 12.2. The van der Waals surface area contributed by atoms with Crippen molar-refractivity contribution < 1.29 is 18.1 Å². The Balaban J connectivity index is 3.40. The zero-order valence-electron chi connectivity index (χ0n) is 8.34. The lowest BCUT2D eigenvalue weighted by molar-refractivity contribution is -0.385. The maximum atomic E-state index is 12.3. The Morgan fingerprint density at radius 1 is 1.44 bits per heavy atom. The molecule has 86 valence electrons. The summed E-state index contributed by atoms with van der Waals surface area (Å²) in [6.45, 7) is 4.97. The molecule has 0 unspecified atom stereocenters. The van der Waals surface area contributed by atoms with Crippen LogP contribution in [0.15, 0.2) is 24.8 Å². The van der Waals surface area contributed by atoms with Gasteiger partial charge in [-0.25, -0.2) is 0 Å². The van der Waals surface area contributed by atoms with Crippen molar-refractivity contribution in [2.24, 2.45) is 0 Å². The quantitative estimate of drug-likeness (QED) is 0.576. The van der Waals surface area contributed by atoms with E-state index in [1.54, 1.807) is 0 Å². The van der Waals surface area contributed by atoms with Crippen LogP contribution in [0, 0.1) is 10.1 Å². The number of benzene rings is 1. The number of alkyl halides is 3. The Labute approximate surface area is 89.4 Å². The van der Waals surface area contributed by atoms with Crippen LogP contribution in [0.5, 0.6) is 0 Å². The molecule has 0 spiro atoms. The maximum absolute atomic E-state index is 12.3. The van der Waals surface area contributed by atoms with Crippen LogP contribution in [0.25, 0.3) is 5.57 Å². The second-order valence-corrected chi connectivity index (χ2v) is 3.27. The van der Waals surface area contributed by atoms with Gasteiger partial charge in [0.05, 0.1) is 16.1 Å². The Morgan fingerprint density at radius 3 is 2.38 bits per heavy atom. The predicted molar refractivity (Wildman–Crippen MR) is 52.8 cm³/mol. The molecule has 0 aromatic heterocycles. The van der Waals surface area contributed by atoms with E-state index in [0.29, 0.717) is 11.6 Å². The van der Waals surface area contributed by atoms with Gasteiger partial charge in [-0.2, -0.15) is 13.2 Å². The highest BCUT2D eigenvalue weighted by Gasteiger charge is 2.32. The minimum absolute atomic E-state index is 0.109. The van der Waals surface area contributed by atoms with E-state index < -0.39 is 22.4 Å². The molecule has 0 amide bonds. The average molecular weight is 231 g/mol. The molecule has 0 N–H and O–H groups in total. The fraction of sp³-hybridized carbons (Fsp3) is 0.200. The van der Waals surface area contributed by atoms with Crippen LogP contribution >= 0.6 is 0 Å². The molecule has 6 heteroatoms. The molecule has 0 heterocycles. The van der Waals surface area contributed by atoms with Crippen LogP contribution in [0.1, 0.15) is 18.1 Å². The molecule has 3 nitrogen and oxygen atoms in total. The Hall–Kier alpha value is -1.85. The Kier molecular flexibility index (Phi) is 3.02. The first-order valence-electron chi connectivity index (χ1n) is 4.25. The Bertz CT molecular complexity index is 452. The molecule has 0 radical (unpaired) electrons. The van der Waals surface area contributed by atoms with Crippen molar-refractivity contribution in [1.82, 2.24) is 0 Å². The summed E-state index contributed by atoms with van der Waals surface area (Å²) in [5.41, 5.74) is -1.16. The highest BCUT2D eigenvalue weighted by Crippen LogP contribution is 2.34. The van der Waals surface area contributed by atoms with E-state index in [2.05, 4.69) is 6.58 Å². The maximum Gasteiger partial charge on any atom is 0.416 e. The molecule has 1 aromatic carbocycles. The summed E-state index contributed by atoms with van der Waals surface area (Å²) >= 11 is 0. The number of allylic oxidation sites excluding steroid dienone is 1. The molecule has 0 bridgehead atoms. The molecule has 1 rings (SSSR count). The van der Waals surface area contributed by atoms with E-state index in [1.807, 2.05) is 0 Å². The van der Waals surface area contributed by atoms with Gasteiger partial charge < -0.3 is 0 Å². The minimum atomic E-state index is -4.58. The summed E-state index contributed by atoms with van der Waals surface area (Å²) in [6.07, 6.45) is -4.58. The lowest BCUT2D eigenvalue weighted by atomic mass is 10.0. The standard InChI is InChI=1S/C10H8F3NO2/c1-6(2)8-4-3-7(10(11,12)13)5-9(8)14(15)16/h3-5H,1H2,2H3. The van der Waals surface area contributed by atoms with Crippen LogP contribution in [0.2, 0.25) is 0 Å². The molecule has 0 fully saturated rings. The van der Waals surface area contributed by atoms with Crippen molar-refractivity contribution in [2.45, 2.75) is 13.1 Å². The molecule has 0 aliphatic carbocycles. The van der Waals surface area contributed by atoms with Crippen molar-refractivity contribution in [3.63, 3.8) is 0 Å². The van der Waals surface area contributed by atoms with Crippen LogP contribution in [-0.4, -0.2) is 4.92 Å². The molecule has 0 saturated carbocycles. The molecule has 0 atom stereocenters. The third-order valence-electron chi connectivity index (χ3n) is 1.98. The molecular weight excluding hydrogens is 223 g/mol. The molecule has 0 aliphatic heterocycles. The van der Waals surface area contributed by atoms with E-state index in [-0.39, 0.29) is 5.56 Å². The number of nitrogens with zero attached hydrogens (tertiary/aromatic N) is 1. The molecular formula is C10H8F3NO2. The van der Waals surface area contributed by atoms with E-state index in [0.717, 1.165) is 12.1 Å². The van der Waals surface area contributed by atoms with Gasteiger partial charge in [-0.15, -0.1) is 0 Å². The lowest BCUT2D eigenvalue weighted by Gasteiger charge is -2.08. The second-order valence-electron chi connectivity index (χ2n) is 3.27. The molecule has 0 saturated heterocycles. The van der Waals surface area contributed by atoms with Gasteiger partial charge in [0, 0.05) is 6.07 Å². The monoisotopic (exact) mass is 231 g/mol. The predicted octanol–water partition coefficient (Wildman–Crippen LogP) is 3.65. The number of nitro groups is 1. The van der Waals surface area contributed by atoms with E-state index in [4.69, 9.17) is 0 Å². The SMILES string of the molecule is C=C(C)c1ccc(C(F)(F)F)cc1[N+](=O)[O-]. The summed E-state index contributed by atoms with van der Waals surface area (Å²) in [5, 5.41) is 10.6. The summed E-state index contributed by atoms with van der Waals surface area (Å²) < 4.78 is 37.0. The van der Waals surface area contributed by atoms with E-state index in [1.165, 1.54) is 6.92 Å². The van der Waals surface area contributed by atoms with Gasteiger partial charge in [0.2, 0.25) is 0 Å². The van der Waals surface area contributed by atoms with Crippen molar-refractivity contribution in [3.05, 3.63) is 46.0 Å². The zero-order valence-corrected chi connectivity index (χ0v) is 8.34. The van der Waals surface area contributed by atoms with Gasteiger partial charge in [0.1, 0.15) is 0 Å². The van der Waals surface area contributed by atoms with Gasteiger partial charge in [-0.3, -0.25) is 10.1 Å². The van der Waals surface area contributed by atoms with Crippen LogP contribution < -0.4 is 0 Å². The van der Waals surface area contributed by atoms with Gasteiger partial charge in [-0.05, 0) is 24.6 Å². The smallest absolute Gasteiger partial charge is 0.258 e. The average Bonchev–Trinajstić information content (AvgIpc) is 2.15. The molecule has 16 heavy (non-hydrogen) atoms. The first-order valence-corrected chi connectivity index (χ1v) is 4.25. The lowest BCUT2D eigenvalue weighted by Crippen LogP contribution is -2.06. The van der Waals surface area contributed by atoms with Crippen molar-refractivity contribution in [2.75, 3.05) is 0 Å². The normalized spacial score (nSPS) is 11.2. The number of halogens is 3. The van der Waals surface area contributed by atoms with Crippen LogP contribution in [0.4, 0.5) is 18.9 Å². The first-order chi connectivity index (χ1) is 7.23. The number of rotatable bonds is 2. The highest BCUT2D eigenvalue weighted by molar-refractivity contribution is 5.70. The van der Waals surface area contributed by atoms with Crippen molar-refractivity contribution in [3.8, 4) is 0 Å². The van der Waals surface area contributed by atoms with Gasteiger partial charge in [0.15, 0.2) is 0 Å². The number of nitro benzene ring substituents is 1. The van der Waals surface area contributed by atoms with Crippen LogP contribution in [0.3, 0.4) is 0 Å². The largest absolute Gasteiger partial charge is 0.416 e. The van der Waals surface area contributed by atoms with Gasteiger partial charge in [0.25, 0.3) is 5.69 Å². The van der Waals surface area contributed by atoms with Gasteiger partial charge >= 0.3 is 6.18 Å². The highest BCUT2D eigenvalue weighted by atomic mass is 19.4. The van der Waals surface area contributed by atoms with E-state index in [9.17, 15) is 23.3 Å². The summed E-state index contributed by atoms with van der Waals surface area (Å²) in [4.78, 5) is 9.75. The summed E-state index contributed by atoms with van der Waals surface area (Å²) in [5.74, 6) is 0.